The summed E-state index contributed by atoms with van der Waals surface area (Å²) in [6.45, 7) is 1.51. The molecule has 0 aliphatic rings. The molecule has 0 amide bonds. The lowest BCUT2D eigenvalue weighted by atomic mass is 10.2. The first-order valence-electron chi connectivity index (χ1n) is 6.47. The summed E-state index contributed by atoms with van der Waals surface area (Å²) in [4.78, 5) is 16.5. The minimum atomic E-state index is -4.10. The van der Waals surface area contributed by atoms with Gasteiger partial charge in [0.25, 0.3) is 5.56 Å². The van der Waals surface area contributed by atoms with Gasteiger partial charge in [0.05, 0.1) is 10.9 Å². The molecule has 0 saturated heterocycles. The van der Waals surface area contributed by atoms with Gasteiger partial charge in [-0.25, -0.2) is 4.98 Å². The van der Waals surface area contributed by atoms with Crippen molar-refractivity contribution >= 4 is 21.0 Å². The van der Waals surface area contributed by atoms with E-state index in [-0.39, 0.29) is 16.1 Å². The van der Waals surface area contributed by atoms with Crippen LogP contribution in [-0.4, -0.2) is 18.1 Å². The van der Waals surface area contributed by atoms with Crippen LogP contribution >= 0.6 is 0 Å². The van der Waals surface area contributed by atoms with E-state index in [1.54, 1.807) is 42.5 Å². The molecule has 22 heavy (non-hydrogen) atoms. The van der Waals surface area contributed by atoms with Crippen LogP contribution in [0.4, 0.5) is 0 Å². The number of aryl methyl sites for hydroxylation is 1. The van der Waals surface area contributed by atoms with E-state index in [1.165, 1.54) is 19.1 Å². The van der Waals surface area contributed by atoms with Crippen LogP contribution in [0.25, 0.3) is 10.9 Å². The van der Waals surface area contributed by atoms with Crippen molar-refractivity contribution in [3.63, 3.8) is 0 Å². The quantitative estimate of drug-likeness (QED) is 0.732. The Morgan fingerprint density at radius 2 is 1.64 bits per heavy atom. The van der Waals surface area contributed by atoms with Crippen LogP contribution in [-0.2, 0) is 10.1 Å². The van der Waals surface area contributed by atoms with Gasteiger partial charge in [0.2, 0.25) is 0 Å². The van der Waals surface area contributed by atoms with E-state index in [4.69, 9.17) is 4.28 Å². The van der Waals surface area contributed by atoms with Crippen LogP contribution in [0.1, 0.15) is 5.82 Å². The lowest BCUT2D eigenvalue weighted by molar-refractivity contribution is 0.257. The van der Waals surface area contributed by atoms with Gasteiger partial charge in [-0.2, -0.15) is 8.42 Å². The number of benzene rings is 2. The van der Waals surface area contributed by atoms with E-state index in [0.717, 1.165) is 0 Å². The Morgan fingerprint density at radius 1 is 1.00 bits per heavy atom. The average Bonchev–Trinajstić information content (AvgIpc) is 2.52. The number of hydrogen-bond acceptors (Lipinski definition) is 5. The van der Waals surface area contributed by atoms with Crippen molar-refractivity contribution in [1.82, 2.24) is 9.71 Å². The molecule has 0 atom stereocenters. The highest BCUT2D eigenvalue weighted by Crippen LogP contribution is 2.11. The molecular weight excluding hydrogens is 304 g/mol. The van der Waals surface area contributed by atoms with E-state index < -0.39 is 15.7 Å². The molecule has 1 heterocycles. The first-order chi connectivity index (χ1) is 10.5. The fourth-order valence-electron chi connectivity index (χ4n) is 2.04. The summed E-state index contributed by atoms with van der Waals surface area (Å²) < 4.78 is 30.1. The molecule has 112 valence electrons. The summed E-state index contributed by atoms with van der Waals surface area (Å²) in [5, 5.41) is 0.288. The van der Waals surface area contributed by atoms with Crippen LogP contribution in [0.5, 0.6) is 0 Å². The maximum Gasteiger partial charge on any atom is 0.357 e. The number of rotatable bonds is 3. The molecule has 0 saturated carbocycles. The third-order valence-electron chi connectivity index (χ3n) is 3.10. The topological polar surface area (TPSA) is 78.3 Å². The Morgan fingerprint density at radius 3 is 2.36 bits per heavy atom. The SMILES string of the molecule is Cc1nc2ccccc2c(=O)n1OS(=O)(=O)c1ccccc1. The van der Waals surface area contributed by atoms with Gasteiger partial charge in [0.15, 0.2) is 0 Å². The fourth-order valence-corrected chi connectivity index (χ4v) is 2.99. The molecule has 2 aromatic carbocycles. The minimum Gasteiger partial charge on any atom is -0.279 e. The zero-order valence-electron chi connectivity index (χ0n) is 11.6. The number of aromatic nitrogens is 2. The van der Waals surface area contributed by atoms with Gasteiger partial charge >= 0.3 is 10.1 Å². The molecule has 0 N–H and O–H groups in total. The van der Waals surface area contributed by atoms with Gasteiger partial charge in [0.1, 0.15) is 10.7 Å². The van der Waals surface area contributed by atoms with Crippen LogP contribution in [0, 0.1) is 6.92 Å². The Bertz CT molecular complexity index is 995. The van der Waals surface area contributed by atoms with Gasteiger partial charge in [-0.05, 0) is 31.2 Å². The molecule has 7 heteroatoms. The van der Waals surface area contributed by atoms with Gasteiger partial charge in [-0.15, -0.1) is 4.73 Å². The fraction of sp³-hybridized carbons (Fsp3) is 0.0667. The first-order valence-corrected chi connectivity index (χ1v) is 7.88. The third kappa shape index (κ3) is 2.46. The van der Waals surface area contributed by atoms with Gasteiger partial charge in [-0.3, -0.25) is 9.08 Å². The third-order valence-corrected chi connectivity index (χ3v) is 4.29. The smallest absolute Gasteiger partial charge is 0.279 e. The Labute approximate surface area is 126 Å². The average molecular weight is 316 g/mol. The molecule has 3 aromatic rings. The van der Waals surface area contributed by atoms with Crippen molar-refractivity contribution < 1.29 is 12.7 Å². The Kier molecular flexibility index (Phi) is 3.42. The molecule has 3 rings (SSSR count). The van der Waals surface area contributed by atoms with E-state index in [2.05, 4.69) is 4.98 Å². The number of para-hydroxylation sites is 1. The van der Waals surface area contributed by atoms with Crippen molar-refractivity contribution in [2.45, 2.75) is 11.8 Å². The Hall–Kier alpha value is -2.67. The highest BCUT2D eigenvalue weighted by atomic mass is 32.2. The molecule has 0 aliphatic carbocycles. The zero-order valence-corrected chi connectivity index (χ0v) is 12.4. The van der Waals surface area contributed by atoms with Gasteiger partial charge in [0, 0.05) is 0 Å². The second-order valence-corrected chi connectivity index (χ2v) is 6.15. The van der Waals surface area contributed by atoms with Gasteiger partial charge in [-0.1, -0.05) is 30.3 Å². The molecule has 0 bridgehead atoms. The molecular formula is C15H12N2O4S. The Balaban J connectivity index is 2.14. The van der Waals surface area contributed by atoms with Gasteiger partial charge < -0.3 is 0 Å². The molecule has 0 aliphatic heterocycles. The maximum absolute atomic E-state index is 12.4. The molecule has 0 fully saturated rings. The van der Waals surface area contributed by atoms with Crippen LogP contribution in [0.15, 0.2) is 64.3 Å². The summed E-state index contributed by atoms with van der Waals surface area (Å²) in [7, 11) is -4.10. The van der Waals surface area contributed by atoms with Crippen molar-refractivity contribution in [3.8, 4) is 0 Å². The van der Waals surface area contributed by atoms with E-state index in [9.17, 15) is 13.2 Å². The largest absolute Gasteiger partial charge is 0.357 e. The van der Waals surface area contributed by atoms with Crippen LogP contribution in [0.2, 0.25) is 0 Å². The van der Waals surface area contributed by atoms with Crippen molar-refractivity contribution in [2.24, 2.45) is 0 Å². The summed E-state index contributed by atoms with van der Waals surface area (Å²) in [5.74, 6) is 0.156. The lowest BCUT2D eigenvalue weighted by Gasteiger charge is -2.11. The molecule has 6 nitrogen and oxygen atoms in total. The molecule has 1 aromatic heterocycles. The zero-order chi connectivity index (χ0) is 15.7. The van der Waals surface area contributed by atoms with Crippen molar-refractivity contribution in [2.75, 3.05) is 0 Å². The normalized spacial score (nSPS) is 11.5. The first kappa shape index (κ1) is 14.3. The highest BCUT2D eigenvalue weighted by Gasteiger charge is 2.19. The lowest BCUT2D eigenvalue weighted by Crippen LogP contribution is -2.33. The minimum absolute atomic E-state index is 0.0329. The maximum atomic E-state index is 12.4. The van der Waals surface area contributed by atoms with Crippen molar-refractivity contribution in [1.29, 1.82) is 0 Å². The summed E-state index contributed by atoms with van der Waals surface area (Å²) >= 11 is 0. The monoisotopic (exact) mass is 316 g/mol. The predicted octanol–water partition coefficient (Wildman–Crippen LogP) is 1.52. The van der Waals surface area contributed by atoms with E-state index in [0.29, 0.717) is 10.2 Å². The summed E-state index contributed by atoms with van der Waals surface area (Å²) in [6.07, 6.45) is 0. The molecule has 0 radical (unpaired) electrons. The van der Waals surface area contributed by atoms with Crippen LogP contribution < -0.4 is 9.84 Å². The molecule has 0 unspecified atom stereocenters. The number of nitrogens with zero attached hydrogens (tertiary/aromatic N) is 2. The number of hydrogen-bond donors (Lipinski definition) is 0. The summed E-state index contributed by atoms with van der Waals surface area (Å²) in [6, 6.07) is 14.3. The van der Waals surface area contributed by atoms with Crippen LogP contribution in [0.3, 0.4) is 0 Å². The highest BCUT2D eigenvalue weighted by molar-refractivity contribution is 7.87. The van der Waals surface area contributed by atoms with E-state index >= 15 is 0 Å². The molecule has 0 spiro atoms. The second kappa shape index (κ2) is 5.27. The predicted molar refractivity (Wildman–Crippen MR) is 80.9 cm³/mol. The summed E-state index contributed by atoms with van der Waals surface area (Å²) in [5.41, 5.74) is -0.0791. The van der Waals surface area contributed by atoms with Crippen molar-refractivity contribution in [3.05, 3.63) is 70.8 Å². The standard InChI is InChI=1S/C15H12N2O4S/c1-11-16-14-10-6-5-9-13(14)15(18)17(11)21-22(19,20)12-7-3-2-4-8-12/h2-10H,1H3. The second-order valence-electron chi connectivity index (χ2n) is 4.62. The number of fused-ring (bicyclic) bond motifs is 1. The van der Waals surface area contributed by atoms with E-state index in [1.807, 2.05) is 0 Å².